The number of carbonyl (C=O) groups is 1. The maximum absolute atomic E-state index is 12.5. The molecule has 0 aliphatic carbocycles. The molecular formula is C21H23N3O4. The van der Waals surface area contributed by atoms with Crippen LogP contribution >= 0.6 is 0 Å². The zero-order chi connectivity index (χ0) is 19.6. The maximum Gasteiger partial charge on any atom is 0.273 e. The number of carbonyl (C=O) groups excluding carboxylic acids is 1. The van der Waals surface area contributed by atoms with E-state index in [-0.39, 0.29) is 29.9 Å². The van der Waals surface area contributed by atoms with Crippen molar-refractivity contribution in [1.82, 2.24) is 15.5 Å². The van der Waals surface area contributed by atoms with Crippen LogP contribution in [0.15, 0.2) is 47.2 Å². The number of benzene rings is 1. The van der Waals surface area contributed by atoms with Gasteiger partial charge in [-0.2, -0.15) is 0 Å². The number of rotatable bonds is 5. The van der Waals surface area contributed by atoms with E-state index in [4.69, 9.17) is 14.0 Å². The fourth-order valence-corrected chi connectivity index (χ4v) is 3.47. The molecule has 1 aromatic carbocycles. The second-order valence-corrected chi connectivity index (χ2v) is 7.59. The average molecular weight is 381 g/mol. The number of pyridine rings is 1. The van der Waals surface area contributed by atoms with Gasteiger partial charge in [-0.25, -0.2) is 0 Å². The highest BCUT2D eigenvalue weighted by Crippen LogP contribution is 2.26. The summed E-state index contributed by atoms with van der Waals surface area (Å²) >= 11 is 0. The first-order valence-electron chi connectivity index (χ1n) is 9.36. The lowest BCUT2D eigenvalue weighted by Crippen LogP contribution is -2.45. The largest absolute Gasteiger partial charge is 0.485 e. The molecule has 7 nitrogen and oxygen atoms in total. The molecule has 1 amide bonds. The van der Waals surface area contributed by atoms with Crippen molar-refractivity contribution in [2.24, 2.45) is 0 Å². The predicted molar refractivity (Wildman–Crippen MR) is 103 cm³/mol. The molecular weight excluding hydrogens is 358 g/mol. The summed E-state index contributed by atoms with van der Waals surface area (Å²) in [6, 6.07) is 9.36. The Hall–Kier alpha value is -2.93. The van der Waals surface area contributed by atoms with E-state index in [2.05, 4.69) is 15.5 Å². The Morgan fingerprint density at radius 1 is 1.36 bits per heavy atom. The number of nitrogens with zero attached hydrogens (tertiary/aromatic N) is 2. The maximum atomic E-state index is 12.5. The standard InChI is InChI=1S/C21H23N3O4/c1-21(2)11-15(7-9-27-21)23-20(25)18-10-16(28-24-18)13-26-19-5-3-4-14-12-22-8-6-17(14)19/h3-6,8,10,12,15H,7,9,11,13H2,1-2H3,(H,23,25). The van der Waals surface area contributed by atoms with Crippen LogP contribution in [-0.2, 0) is 11.3 Å². The predicted octanol–water partition coefficient (Wildman–Crippen LogP) is 3.49. The molecule has 3 heterocycles. The molecule has 0 saturated carbocycles. The fourth-order valence-electron chi connectivity index (χ4n) is 3.47. The number of hydrogen-bond donors (Lipinski definition) is 1. The highest BCUT2D eigenvalue weighted by Gasteiger charge is 2.30. The van der Waals surface area contributed by atoms with Crippen molar-refractivity contribution in [3.05, 3.63) is 54.2 Å². The molecule has 1 unspecified atom stereocenters. The van der Waals surface area contributed by atoms with Crippen LogP contribution in [0.2, 0.25) is 0 Å². The van der Waals surface area contributed by atoms with E-state index in [1.807, 2.05) is 38.1 Å². The van der Waals surface area contributed by atoms with Gasteiger partial charge in [0.2, 0.25) is 0 Å². The molecule has 1 aliphatic rings. The summed E-state index contributed by atoms with van der Waals surface area (Å²) in [5, 5.41) is 8.86. The molecule has 146 valence electrons. The van der Waals surface area contributed by atoms with E-state index in [1.54, 1.807) is 18.5 Å². The molecule has 0 bridgehead atoms. The third-order valence-electron chi connectivity index (χ3n) is 4.83. The highest BCUT2D eigenvalue weighted by atomic mass is 16.5. The molecule has 1 fully saturated rings. The molecule has 0 spiro atoms. The quantitative estimate of drug-likeness (QED) is 0.728. The summed E-state index contributed by atoms with van der Waals surface area (Å²) in [5.74, 6) is 0.976. The van der Waals surface area contributed by atoms with Gasteiger partial charge in [-0.15, -0.1) is 0 Å². The number of fused-ring (bicyclic) bond motifs is 1. The second kappa shape index (κ2) is 7.59. The van der Waals surface area contributed by atoms with Crippen LogP contribution < -0.4 is 10.1 Å². The Kier molecular flexibility index (Phi) is 5.00. The van der Waals surface area contributed by atoms with Crippen molar-refractivity contribution in [2.45, 2.75) is 44.9 Å². The third kappa shape index (κ3) is 4.14. The summed E-state index contributed by atoms with van der Waals surface area (Å²) in [6.07, 6.45) is 5.07. The minimum Gasteiger partial charge on any atom is -0.485 e. The van der Waals surface area contributed by atoms with Crippen LogP contribution in [0.25, 0.3) is 10.8 Å². The van der Waals surface area contributed by atoms with Crippen molar-refractivity contribution in [2.75, 3.05) is 6.61 Å². The first-order valence-corrected chi connectivity index (χ1v) is 9.36. The van der Waals surface area contributed by atoms with Gasteiger partial charge in [0.25, 0.3) is 5.91 Å². The summed E-state index contributed by atoms with van der Waals surface area (Å²) in [6.45, 7) is 4.88. The topological polar surface area (TPSA) is 86.5 Å². The number of nitrogens with one attached hydrogen (secondary N) is 1. The van der Waals surface area contributed by atoms with Crippen molar-refractivity contribution in [3.63, 3.8) is 0 Å². The summed E-state index contributed by atoms with van der Waals surface area (Å²) < 4.78 is 16.8. The number of aromatic nitrogens is 2. The van der Waals surface area contributed by atoms with Crippen LogP contribution in [0.3, 0.4) is 0 Å². The zero-order valence-electron chi connectivity index (χ0n) is 16.0. The highest BCUT2D eigenvalue weighted by molar-refractivity contribution is 5.92. The van der Waals surface area contributed by atoms with Gasteiger partial charge in [-0.1, -0.05) is 17.3 Å². The number of ether oxygens (including phenoxy) is 2. The Balaban J connectivity index is 1.38. The molecule has 1 N–H and O–H groups in total. The summed E-state index contributed by atoms with van der Waals surface area (Å²) in [4.78, 5) is 16.6. The molecule has 2 aromatic heterocycles. The van der Waals surface area contributed by atoms with Gasteiger partial charge in [0.1, 0.15) is 12.4 Å². The minimum atomic E-state index is -0.242. The van der Waals surface area contributed by atoms with Gasteiger partial charge in [0.15, 0.2) is 11.5 Å². The van der Waals surface area contributed by atoms with E-state index >= 15 is 0 Å². The van der Waals surface area contributed by atoms with Crippen molar-refractivity contribution >= 4 is 16.7 Å². The van der Waals surface area contributed by atoms with E-state index in [0.29, 0.717) is 12.4 Å². The Bertz CT molecular complexity index is 977. The van der Waals surface area contributed by atoms with E-state index in [0.717, 1.165) is 29.4 Å². The van der Waals surface area contributed by atoms with E-state index in [1.165, 1.54) is 0 Å². The van der Waals surface area contributed by atoms with Crippen LogP contribution in [0.4, 0.5) is 0 Å². The van der Waals surface area contributed by atoms with Crippen LogP contribution in [0.1, 0.15) is 42.9 Å². The monoisotopic (exact) mass is 381 g/mol. The lowest BCUT2D eigenvalue weighted by Gasteiger charge is -2.35. The SMILES string of the molecule is CC1(C)CC(NC(=O)c2cc(COc3cccc4cnccc34)on2)CCO1. The van der Waals surface area contributed by atoms with Gasteiger partial charge >= 0.3 is 0 Å². The Labute approximate surface area is 163 Å². The van der Waals surface area contributed by atoms with Gasteiger partial charge in [0, 0.05) is 41.9 Å². The van der Waals surface area contributed by atoms with Crippen LogP contribution in [-0.4, -0.2) is 34.3 Å². The van der Waals surface area contributed by atoms with Gasteiger partial charge < -0.3 is 19.3 Å². The molecule has 3 aromatic rings. The van der Waals surface area contributed by atoms with Gasteiger partial charge in [-0.05, 0) is 38.8 Å². The van der Waals surface area contributed by atoms with Gasteiger partial charge in [0.05, 0.1) is 5.60 Å². The first kappa shape index (κ1) is 18.4. The molecule has 1 aliphatic heterocycles. The summed E-state index contributed by atoms with van der Waals surface area (Å²) in [5.41, 5.74) is 0.0255. The smallest absolute Gasteiger partial charge is 0.273 e. The molecule has 0 radical (unpaired) electrons. The lowest BCUT2D eigenvalue weighted by atomic mass is 9.94. The second-order valence-electron chi connectivity index (χ2n) is 7.59. The molecule has 4 rings (SSSR count). The summed E-state index contributed by atoms with van der Waals surface area (Å²) in [7, 11) is 0. The lowest BCUT2D eigenvalue weighted by molar-refractivity contribution is -0.0615. The Morgan fingerprint density at radius 3 is 3.11 bits per heavy atom. The van der Waals surface area contributed by atoms with Crippen LogP contribution in [0.5, 0.6) is 5.75 Å². The van der Waals surface area contributed by atoms with Gasteiger partial charge in [-0.3, -0.25) is 9.78 Å². The first-order chi connectivity index (χ1) is 13.5. The fraction of sp³-hybridized carbons (Fsp3) is 0.381. The molecule has 1 saturated heterocycles. The van der Waals surface area contributed by atoms with Crippen molar-refractivity contribution in [1.29, 1.82) is 0 Å². The average Bonchev–Trinajstić information content (AvgIpc) is 3.15. The zero-order valence-corrected chi connectivity index (χ0v) is 16.0. The van der Waals surface area contributed by atoms with Crippen molar-refractivity contribution < 1.29 is 18.8 Å². The Morgan fingerprint density at radius 2 is 2.25 bits per heavy atom. The van der Waals surface area contributed by atoms with Crippen LogP contribution in [0, 0.1) is 0 Å². The normalized spacial score (nSPS) is 18.7. The van der Waals surface area contributed by atoms with Crippen molar-refractivity contribution in [3.8, 4) is 5.75 Å². The number of hydrogen-bond acceptors (Lipinski definition) is 6. The molecule has 7 heteroatoms. The molecule has 1 atom stereocenters. The van der Waals surface area contributed by atoms with E-state index < -0.39 is 0 Å². The third-order valence-corrected chi connectivity index (χ3v) is 4.83. The molecule has 28 heavy (non-hydrogen) atoms. The number of amides is 1. The minimum absolute atomic E-state index is 0.0666. The van der Waals surface area contributed by atoms with E-state index in [9.17, 15) is 4.79 Å².